The van der Waals surface area contributed by atoms with Crippen molar-refractivity contribution < 1.29 is 9.31 Å². The molecule has 0 unspecified atom stereocenters. The van der Waals surface area contributed by atoms with Gasteiger partial charge in [0.25, 0.3) is 0 Å². The highest BCUT2D eigenvalue weighted by molar-refractivity contribution is 6.70. The van der Waals surface area contributed by atoms with Crippen molar-refractivity contribution in [2.75, 3.05) is 25.2 Å². The Morgan fingerprint density at radius 3 is 2.56 bits per heavy atom. The Bertz CT molecular complexity index is 737. The second-order valence-electron chi connectivity index (χ2n) is 5.78. The molecule has 2 aromatic carbocycles. The molecule has 2 N–H and O–H groups in total. The Morgan fingerprint density at radius 1 is 1.24 bits per heavy atom. The Morgan fingerprint density at radius 2 is 1.96 bits per heavy atom. The first-order valence-corrected chi connectivity index (χ1v) is 8.36. The highest BCUT2D eigenvalue weighted by Gasteiger charge is 2.23. The minimum absolute atomic E-state index is 0.139. The molecule has 0 aliphatic rings. The van der Waals surface area contributed by atoms with Crippen LogP contribution in [0.4, 0.5) is 5.69 Å². The summed E-state index contributed by atoms with van der Waals surface area (Å²) in [6, 6.07) is 10.5. The van der Waals surface area contributed by atoms with Crippen LogP contribution in [0.25, 0.3) is 10.8 Å². The normalized spacial score (nSPS) is 10.5. The maximum Gasteiger partial charge on any atom is 0.439 e. The fraction of sp³-hybridized carbons (Fsp3) is 0.263. The van der Waals surface area contributed by atoms with Crippen LogP contribution in [0.3, 0.4) is 0 Å². The number of rotatable bonds is 10. The van der Waals surface area contributed by atoms with E-state index in [2.05, 4.69) is 38.3 Å². The van der Waals surface area contributed by atoms with Gasteiger partial charge >= 0.3 is 14.5 Å². The minimum atomic E-state index is -0.139. The Labute approximate surface area is 151 Å². The Hall–Kier alpha value is -2.01. The van der Waals surface area contributed by atoms with E-state index in [4.69, 9.17) is 15.0 Å². The van der Waals surface area contributed by atoms with Crippen LogP contribution in [0, 0.1) is 6.92 Å². The van der Waals surface area contributed by atoms with Crippen molar-refractivity contribution in [2.24, 2.45) is 5.73 Å². The Balaban J connectivity index is 2.68. The molecule has 25 heavy (non-hydrogen) atoms. The molecule has 2 aromatic rings. The van der Waals surface area contributed by atoms with E-state index in [0.717, 1.165) is 11.2 Å². The highest BCUT2D eigenvalue weighted by Crippen LogP contribution is 2.27. The smallest absolute Gasteiger partial charge is 0.422 e. The van der Waals surface area contributed by atoms with Crippen molar-refractivity contribution in [3.63, 3.8) is 0 Å². The van der Waals surface area contributed by atoms with E-state index in [0.29, 0.717) is 12.9 Å². The van der Waals surface area contributed by atoms with Gasteiger partial charge in [-0.15, -0.1) is 13.2 Å². The van der Waals surface area contributed by atoms with Gasteiger partial charge in [0.1, 0.15) is 0 Å². The summed E-state index contributed by atoms with van der Waals surface area (Å²) in [6.45, 7) is 10.5. The zero-order valence-corrected chi connectivity index (χ0v) is 15.1. The highest BCUT2D eigenvalue weighted by atomic mass is 16.4. The summed E-state index contributed by atoms with van der Waals surface area (Å²) in [6.07, 6.45) is 4.40. The number of fused-ring (bicyclic) bond motifs is 1. The van der Waals surface area contributed by atoms with Crippen LogP contribution in [-0.4, -0.2) is 34.9 Å². The molecule has 0 saturated heterocycles. The molecule has 4 nitrogen and oxygen atoms in total. The maximum atomic E-state index is 5.80. The zero-order valence-electron chi connectivity index (χ0n) is 15.1. The van der Waals surface area contributed by atoms with E-state index < -0.39 is 0 Å². The van der Waals surface area contributed by atoms with Gasteiger partial charge < -0.3 is 19.9 Å². The van der Waals surface area contributed by atoms with Gasteiger partial charge in [-0.1, -0.05) is 36.4 Å². The van der Waals surface area contributed by atoms with E-state index in [1.165, 1.54) is 16.3 Å². The fourth-order valence-corrected chi connectivity index (χ4v) is 3.11. The number of nitrogens with zero attached hydrogens (tertiary/aromatic N) is 1. The van der Waals surface area contributed by atoms with Crippen molar-refractivity contribution in [3.05, 3.63) is 61.2 Å². The van der Waals surface area contributed by atoms with Gasteiger partial charge in [0.15, 0.2) is 0 Å². The Kier molecular flexibility index (Phi) is 7.31. The van der Waals surface area contributed by atoms with Gasteiger partial charge in [0.05, 0.1) is 6.73 Å². The SMILES string of the molecule is C=CCB(OCN)c1cc(N([B]OC)CC=C)c(C)c2ccccc12. The number of benzene rings is 2. The molecule has 6 heteroatoms. The molecule has 0 aliphatic heterocycles. The maximum absolute atomic E-state index is 5.80. The minimum Gasteiger partial charge on any atom is -0.422 e. The number of allylic oxidation sites excluding steroid dienone is 1. The molecule has 0 amide bonds. The molecule has 0 spiro atoms. The van der Waals surface area contributed by atoms with Crippen LogP contribution in [0.2, 0.25) is 6.32 Å². The number of hydrogen-bond acceptors (Lipinski definition) is 4. The van der Waals surface area contributed by atoms with Crippen molar-refractivity contribution >= 4 is 36.5 Å². The summed E-state index contributed by atoms with van der Waals surface area (Å²) in [5.41, 5.74) is 9.00. The van der Waals surface area contributed by atoms with Gasteiger partial charge in [0, 0.05) is 19.3 Å². The van der Waals surface area contributed by atoms with Crippen molar-refractivity contribution in [1.82, 2.24) is 0 Å². The molecular formula is C19H25B2N2O2. The van der Waals surface area contributed by atoms with Gasteiger partial charge in [-0.25, -0.2) is 0 Å². The van der Waals surface area contributed by atoms with Crippen molar-refractivity contribution in [3.8, 4) is 0 Å². The van der Waals surface area contributed by atoms with Crippen LogP contribution in [0.15, 0.2) is 55.6 Å². The average molecular weight is 335 g/mol. The monoisotopic (exact) mass is 335 g/mol. The third kappa shape index (κ3) is 4.34. The van der Waals surface area contributed by atoms with Crippen LogP contribution in [0.1, 0.15) is 5.56 Å². The lowest BCUT2D eigenvalue weighted by molar-refractivity contribution is 0.341. The summed E-state index contributed by atoms with van der Waals surface area (Å²) >= 11 is 0. The first-order valence-electron chi connectivity index (χ1n) is 8.36. The zero-order chi connectivity index (χ0) is 18.2. The molecular weight excluding hydrogens is 310 g/mol. The first kappa shape index (κ1) is 19.3. The predicted octanol–water partition coefficient (Wildman–Crippen LogP) is 2.64. The van der Waals surface area contributed by atoms with Crippen LogP contribution in [0.5, 0.6) is 0 Å². The van der Waals surface area contributed by atoms with Crippen molar-refractivity contribution in [1.29, 1.82) is 0 Å². The second kappa shape index (κ2) is 9.47. The number of nitrogens with two attached hydrogens (primary N) is 1. The standard InChI is InChI=1S/C19H25B2N2O2/c1-5-11-21(25-14-22)18-13-19(23(12-6-2)20-24-4)15(3)16-9-7-8-10-17(16)18/h5-10,13H,1-2,11-12,14,22H2,3-4H3. The molecule has 0 aliphatic carbocycles. The van der Waals surface area contributed by atoms with Gasteiger partial charge in [-0.2, -0.15) is 0 Å². The van der Waals surface area contributed by atoms with Gasteiger partial charge in [-0.3, -0.25) is 0 Å². The number of aryl methyl sites for hydroxylation is 1. The van der Waals surface area contributed by atoms with Crippen LogP contribution < -0.4 is 16.0 Å². The number of anilines is 1. The topological polar surface area (TPSA) is 47.7 Å². The largest absolute Gasteiger partial charge is 0.439 e. The molecule has 1 radical (unpaired) electrons. The van der Waals surface area contributed by atoms with Crippen LogP contribution in [-0.2, 0) is 9.31 Å². The molecule has 0 saturated carbocycles. The summed E-state index contributed by atoms with van der Waals surface area (Å²) in [4.78, 5) is 2.03. The fourth-order valence-electron chi connectivity index (χ4n) is 3.11. The lowest BCUT2D eigenvalue weighted by Gasteiger charge is -2.26. The molecule has 0 fully saturated rings. The van der Waals surface area contributed by atoms with Crippen molar-refractivity contribution in [2.45, 2.75) is 13.2 Å². The van der Waals surface area contributed by atoms with E-state index in [9.17, 15) is 0 Å². The molecule has 129 valence electrons. The van der Waals surface area contributed by atoms with E-state index >= 15 is 0 Å². The van der Waals surface area contributed by atoms with Gasteiger partial charge in [0.2, 0.25) is 0 Å². The van der Waals surface area contributed by atoms with E-state index in [1.54, 1.807) is 14.7 Å². The lowest BCUT2D eigenvalue weighted by atomic mass is 9.56. The molecule has 0 aromatic heterocycles. The molecule has 2 rings (SSSR count). The number of hydrogen-bond donors (Lipinski definition) is 1. The summed E-state index contributed by atoms with van der Waals surface area (Å²) in [5.74, 6) is 0. The average Bonchev–Trinajstić information content (AvgIpc) is 2.62. The molecule has 0 heterocycles. The summed E-state index contributed by atoms with van der Waals surface area (Å²) in [7, 11) is 3.35. The second-order valence-corrected chi connectivity index (χ2v) is 5.78. The summed E-state index contributed by atoms with van der Waals surface area (Å²) < 4.78 is 11.1. The van der Waals surface area contributed by atoms with E-state index in [-0.39, 0.29) is 13.6 Å². The third-order valence-corrected chi connectivity index (χ3v) is 4.21. The van der Waals surface area contributed by atoms with Crippen LogP contribution >= 0.6 is 0 Å². The lowest BCUT2D eigenvalue weighted by Crippen LogP contribution is -2.37. The van der Waals surface area contributed by atoms with Gasteiger partial charge in [-0.05, 0) is 41.1 Å². The molecule has 0 atom stereocenters. The molecule has 0 bridgehead atoms. The third-order valence-electron chi connectivity index (χ3n) is 4.21. The quantitative estimate of drug-likeness (QED) is 0.412. The predicted molar refractivity (Wildman–Crippen MR) is 110 cm³/mol. The summed E-state index contributed by atoms with van der Waals surface area (Å²) in [5, 5.41) is 2.35. The first-order chi connectivity index (χ1) is 12.2. The van der Waals surface area contributed by atoms with E-state index in [1.807, 2.05) is 29.1 Å².